The fourth-order valence-corrected chi connectivity index (χ4v) is 0.792. The lowest BCUT2D eigenvalue weighted by molar-refractivity contribution is -0.121. The molecule has 0 bridgehead atoms. The number of hydrogen-bond acceptors (Lipinski definition) is 6. The van der Waals surface area contributed by atoms with Gasteiger partial charge in [-0.3, -0.25) is 19.3 Å². The van der Waals surface area contributed by atoms with Crippen LogP contribution >= 0.6 is 0 Å². The van der Waals surface area contributed by atoms with E-state index in [2.05, 4.69) is 10.9 Å². The molecule has 1 fully saturated rings. The summed E-state index contributed by atoms with van der Waals surface area (Å²) in [7, 11) is -4.67. The van der Waals surface area contributed by atoms with Crippen molar-refractivity contribution in [1.29, 1.82) is 0 Å². The highest BCUT2D eigenvalue weighted by Crippen LogP contribution is 1.99. The van der Waals surface area contributed by atoms with Crippen LogP contribution in [0.25, 0.3) is 0 Å². The number of hydrogen-bond donors (Lipinski definition) is 6. The maximum absolute atomic E-state index is 10.5. The first-order chi connectivity index (χ1) is 6.22. The third-order valence-corrected chi connectivity index (χ3v) is 1.39. The van der Waals surface area contributed by atoms with E-state index in [0.29, 0.717) is 6.54 Å². The number of primary amides is 1. The molecule has 2 unspecified atom stereocenters. The highest BCUT2D eigenvalue weighted by atomic mass is 32.3. The van der Waals surface area contributed by atoms with Gasteiger partial charge in [-0.25, -0.2) is 5.43 Å². The molecule has 14 heavy (non-hydrogen) atoms. The van der Waals surface area contributed by atoms with Crippen molar-refractivity contribution in [3.8, 4) is 0 Å². The second kappa shape index (κ2) is 5.19. The molecule has 9 nitrogen and oxygen atoms in total. The Morgan fingerprint density at radius 1 is 1.43 bits per heavy atom. The van der Waals surface area contributed by atoms with Gasteiger partial charge in [-0.1, -0.05) is 0 Å². The summed E-state index contributed by atoms with van der Waals surface area (Å²) >= 11 is 0. The van der Waals surface area contributed by atoms with E-state index >= 15 is 0 Å². The molecular weight excluding hydrogens is 216 g/mol. The number of nitrogens with two attached hydrogens (primary N) is 2. The van der Waals surface area contributed by atoms with Crippen molar-refractivity contribution < 1.29 is 22.3 Å². The van der Waals surface area contributed by atoms with Crippen LogP contribution in [0.15, 0.2) is 0 Å². The number of hydrazine groups is 1. The summed E-state index contributed by atoms with van der Waals surface area (Å²) in [6.07, 6.45) is -0.331. The zero-order chi connectivity index (χ0) is 11.4. The van der Waals surface area contributed by atoms with Gasteiger partial charge in [0.1, 0.15) is 0 Å². The summed E-state index contributed by atoms with van der Waals surface area (Å²) in [5.41, 5.74) is 15.8. The molecule has 0 aromatic rings. The summed E-state index contributed by atoms with van der Waals surface area (Å²) < 4.78 is 31.6. The Kier molecular flexibility index (Phi) is 4.90. The molecule has 84 valence electrons. The Balaban J connectivity index is 0.000000292. The molecule has 1 amide bonds. The van der Waals surface area contributed by atoms with Gasteiger partial charge in [-0.15, -0.1) is 0 Å². The summed E-state index contributed by atoms with van der Waals surface area (Å²) in [5, 5.41) is 0. The van der Waals surface area contributed by atoms with E-state index in [0.717, 1.165) is 0 Å². The standard InChI is InChI=1S/C4H10N4O.H2O4S/c5-3-2(4(6)9)1-7-8-3;1-5(2,3)4/h2-3,7-8H,1,5H2,(H2,6,9);(H2,1,2,3,4). The monoisotopic (exact) mass is 228 g/mol. The van der Waals surface area contributed by atoms with E-state index in [-0.39, 0.29) is 18.0 Å². The van der Waals surface area contributed by atoms with Gasteiger partial charge in [0.25, 0.3) is 0 Å². The van der Waals surface area contributed by atoms with E-state index in [1.54, 1.807) is 0 Å². The van der Waals surface area contributed by atoms with Crippen LogP contribution in [0.4, 0.5) is 0 Å². The molecule has 1 aliphatic rings. The lowest BCUT2D eigenvalue weighted by Gasteiger charge is -2.07. The minimum absolute atomic E-state index is 0.273. The van der Waals surface area contributed by atoms with E-state index in [4.69, 9.17) is 29.0 Å². The quantitative estimate of drug-likeness (QED) is 0.255. The van der Waals surface area contributed by atoms with E-state index in [1.165, 1.54) is 0 Å². The van der Waals surface area contributed by atoms with Crippen LogP contribution in [0, 0.1) is 5.92 Å². The summed E-state index contributed by atoms with van der Waals surface area (Å²) in [6, 6.07) is 0. The van der Waals surface area contributed by atoms with Crippen molar-refractivity contribution in [2.75, 3.05) is 6.54 Å². The van der Waals surface area contributed by atoms with Crippen molar-refractivity contribution in [1.82, 2.24) is 10.9 Å². The van der Waals surface area contributed by atoms with E-state index in [9.17, 15) is 4.79 Å². The Morgan fingerprint density at radius 2 is 1.86 bits per heavy atom. The van der Waals surface area contributed by atoms with Crippen LogP contribution in [0.5, 0.6) is 0 Å². The summed E-state index contributed by atoms with van der Waals surface area (Å²) in [4.78, 5) is 10.5. The second-order valence-electron chi connectivity index (χ2n) is 2.51. The topological polar surface area (TPSA) is 168 Å². The maximum Gasteiger partial charge on any atom is 0.394 e. The van der Waals surface area contributed by atoms with E-state index in [1.807, 2.05) is 0 Å². The van der Waals surface area contributed by atoms with Crippen LogP contribution < -0.4 is 22.3 Å². The molecule has 1 heterocycles. The molecule has 0 aromatic carbocycles. The van der Waals surface area contributed by atoms with Crippen molar-refractivity contribution in [2.24, 2.45) is 17.4 Å². The first kappa shape index (κ1) is 13.2. The average Bonchev–Trinajstić information content (AvgIpc) is 2.30. The summed E-state index contributed by atoms with van der Waals surface area (Å²) in [6.45, 7) is 0.524. The Hall–Kier alpha value is -0.780. The lowest BCUT2D eigenvalue weighted by Crippen LogP contribution is -2.43. The van der Waals surface area contributed by atoms with Crippen molar-refractivity contribution in [3.63, 3.8) is 0 Å². The SMILES string of the molecule is NC(=O)C1CNNC1N.O=S(=O)(O)O. The highest BCUT2D eigenvalue weighted by Gasteiger charge is 2.27. The van der Waals surface area contributed by atoms with Gasteiger partial charge in [-0.2, -0.15) is 8.42 Å². The average molecular weight is 228 g/mol. The fraction of sp³-hybridized carbons (Fsp3) is 0.750. The molecule has 0 radical (unpaired) electrons. The van der Waals surface area contributed by atoms with Crippen LogP contribution in [0.3, 0.4) is 0 Å². The van der Waals surface area contributed by atoms with Gasteiger partial charge in [0, 0.05) is 6.54 Å². The smallest absolute Gasteiger partial charge is 0.369 e. The number of amides is 1. The van der Waals surface area contributed by atoms with Gasteiger partial charge in [0.2, 0.25) is 5.91 Å². The Morgan fingerprint density at radius 3 is 2.00 bits per heavy atom. The zero-order valence-electron chi connectivity index (χ0n) is 7.04. The fourth-order valence-electron chi connectivity index (χ4n) is 0.792. The van der Waals surface area contributed by atoms with Gasteiger partial charge in [-0.05, 0) is 0 Å². The van der Waals surface area contributed by atoms with Crippen LogP contribution in [0.2, 0.25) is 0 Å². The minimum Gasteiger partial charge on any atom is -0.369 e. The molecule has 10 heteroatoms. The predicted octanol–water partition coefficient (Wildman–Crippen LogP) is -3.17. The van der Waals surface area contributed by atoms with Crippen molar-refractivity contribution in [2.45, 2.75) is 6.17 Å². The van der Waals surface area contributed by atoms with E-state index < -0.39 is 10.4 Å². The van der Waals surface area contributed by atoms with Gasteiger partial charge < -0.3 is 11.5 Å². The molecule has 1 saturated heterocycles. The largest absolute Gasteiger partial charge is 0.394 e. The zero-order valence-corrected chi connectivity index (χ0v) is 7.86. The Bertz CT molecular complexity index is 282. The normalized spacial score (nSPS) is 26.5. The van der Waals surface area contributed by atoms with Crippen molar-refractivity contribution >= 4 is 16.3 Å². The first-order valence-electron chi connectivity index (χ1n) is 3.45. The first-order valence-corrected chi connectivity index (χ1v) is 4.84. The lowest BCUT2D eigenvalue weighted by atomic mass is 10.1. The second-order valence-corrected chi connectivity index (χ2v) is 3.40. The van der Waals surface area contributed by atoms with Gasteiger partial charge >= 0.3 is 10.4 Å². The molecule has 2 atom stereocenters. The molecule has 0 saturated carbocycles. The minimum atomic E-state index is -4.67. The van der Waals surface area contributed by atoms with Crippen LogP contribution in [-0.4, -0.2) is 36.1 Å². The molecule has 8 N–H and O–H groups in total. The molecule has 1 aliphatic heterocycles. The number of rotatable bonds is 1. The number of carbonyl (C=O) groups is 1. The predicted molar refractivity (Wildman–Crippen MR) is 46.0 cm³/mol. The molecule has 0 aromatic heterocycles. The van der Waals surface area contributed by atoms with Gasteiger partial charge in [0.05, 0.1) is 12.1 Å². The molecular formula is C4H12N4O5S. The van der Waals surface area contributed by atoms with Crippen LogP contribution in [-0.2, 0) is 15.2 Å². The third kappa shape index (κ3) is 6.71. The van der Waals surface area contributed by atoms with Gasteiger partial charge in [0.15, 0.2) is 0 Å². The highest BCUT2D eigenvalue weighted by molar-refractivity contribution is 7.79. The number of nitrogens with one attached hydrogen (secondary N) is 2. The molecule has 0 aliphatic carbocycles. The van der Waals surface area contributed by atoms with Crippen LogP contribution in [0.1, 0.15) is 0 Å². The maximum atomic E-state index is 10.5. The molecule has 1 rings (SSSR count). The third-order valence-electron chi connectivity index (χ3n) is 1.39. The number of carbonyl (C=O) groups excluding carboxylic acids is 1. The van der Waals surface area contributed by atoms with Crippen molar-refractivity contribution in [3.05, 3.63) is 0 Å². The Labute approximate surface area is 80.4 Å². The summed E-state index contributed by atoms with van der Waals surface area (Å²) in [5.74, 6) is -0.634. The molecule has 0 spiro atoms.